The smallest absolute Gasteiger partial charge is 0.263 e. The monoisotopic (exact) mass is 468 g/mol. The number of benzene rings is 3. The molecule has 0 bridgehead atoms. The van der Waals surface area contributed by atoms with Crippen molar-refractivity contribution < 1.29 is 0 Å². The van der Waals surface area contributed by atoms with Crippen LogP contribution in [-0.2, 0) is 25.1 Å². The number of nitrogens with zero attached hydrogens (tertiary/aromatic N) is 2. The van der Waals surface area contributed by atoms with Gasteiger partial charge in [0.2, 0.25) is 0 Å². The van der Waals surface area contributed by atoms with Crippen molar-refractivity contribution in [2.24, 2.45) is 0 Å². The lowest BCUT2D eigenvalue weighted by Crippen LogP contribution is -2.24. The molecule has 5 heteroatoms. The molecule has 0 atom stereocenters. The molecule has 2 aromatic heterocycles. The first-order chi connectivity index (χ1) is 16.3. The molecule has 33 heavy (non-hydrogen) atoms. The van der Waals surface area contributed by atoms with Crippen LogP contribution in [0.4, 0.5) is 0 Å². The van der Waals surface area contributed by atoms with Crippen LogP contribution in [0.3, 0.4) is 0 Å². The van der Waals surface area contributed by atoms with Gasteiger partial charge in [-0.3, -0.25) is 9.36 Å². The summed E-state index contributed by atoms with van der Waals surface area (Å²) in [6.07, 6.45) is 4.45. The molecule has 1 aliphatic rings. The van der Waals surface area contributed by atoms with Crippen molar-refractivity contribution in [1.29, 1.82) is 0 Å². The molecule has 0 amide bonds. The van der Waals surface area contributed by atoms with Crippen LogP contribution in [0.2, 0.25) is 0 Å². The molecule has 3 aromatic carbocycles. The molecular formula is C28H24N2OS2. The number of hydrogen-bond acceptors (Lipinski definition) is 4. The average molecular weight is 469 g/mol. The highest BCUT2D eigenvalue weighted by Gasteiger charge is 2.22. The molecule has 5 aromatic rings. The van der Waals surface area contributed by atoms with E-state index in [4.69, 9.17) is 4.98 Å². The van der Waals surface area contributed by atoms with E-state index in [2.05, 4.69) is 54.6 Å². The third-order valence-electron chi connectivity index (χ3n) is 6.46. The van der Waals surface area contributed by atoms with Gasteiger partial charge in [-0.25, -0.2) is 4.98 Å². The largest absolute Gasteiger partial charge is 0.283 e. The summed E-state index contributed by atoms with van der Waals surface area (Å²) in [5.74, 6) is 0.777. The van der Waals surface area contributed by atoms with Crippen molar-refractivity contribution in [2.75, 3.05) is 0 Å². The fourth-order valence-corrected chi connectivity index (χ4v) is 7.10. The summed E-state index contributed by atoms with van der Waals surface area (Å²) in [6, 6.07) is 25.2. The lowest BCUT2D eigenvalue weighted by Gasteiger charge is -2.14. The number of thiophene rings is 1. The summed E-state index contributed by atoms with van der Waals surface area (Å²) in [4.78, 5) is 21.2. The second-order valence-corrected chi connectivity index (χ2v) is 10.6. The van der Waals surface area contributed by atoms with E-state index < -0.39 is 0 Å². The molecule has 0 spiro atoms. The summed E-state index contributed by atoms with van der Waals surface area (Å²) < 4.78 is 1.90. The van der Waals surface area contributed by atoms with E-state index in [0.29, 0.717) is 6.54 Å². The van der Waals surface area contributed by atoms with Crippen molar-refractivity contribution >= 4 is 44.1 Å². The Labute approximate surface area is 201 Å². The predicted molar refractivity (Wildman–Crippen MR) is 140 cm³/mol. The molecule has 1 aliphatic carbocycles. The van der Waals surface area contributed by atoms with Crippen molar-refractivity contribution in [3.63, 3.8) is 0 Å². The predicted octanol–water partition coefficient (Wildman–Crippen LogP) is 6.83. The van der Waals surface area contributed by atoms with Crippen molar-refractivity contribution in [3.8, 4) is 0 Å². The van der Waals surface area contributed by atoms with Crippen LogP contribution in [0, 0.1) is 0 Å². The second-order valence-electron chi connectivity index (χ2n) is 8.59. The first-order valence-corrected chi connectivity index (χ1v) is 13.3. The SMILES string of the molecule is O=c1c2c3c(sc2nc(SCc2cccc4ccccc24)n1Cc1ccccc1)CCCC3. The Balaban J connectivity index is 1.45. The van der Waals surface area contributed by atoms with Crippen molar-refractivity contribution in [3.05, 3.63) is 105 Å². The summed E-state index contributed by atoms with van der Waals surface area (Å²) >= 11 is 3.40. The quantitative estimate of drug-likeness (QED) is 0.209. The van der Waals surface area contributed by atoms with Gasteiger partial charge in [0.05, 0.1) is 11.9 Å². The first kappa shape index (κ1) is 20.7. The van der Waals surface area contributed by atoms with Gasteiger partial charge < -0.3 is 0 Å². The Morgan fingerprint density at radius 1 is 0.909 bits per heavy atom. The summed E-state index contributed by atoms with van der Waals surface area (Å²) in [5.41, 5.74) is 3.76. The minimum atomic E-state index is 0.115. The molecule has 0 unspecified atom stereocenters. The van der Waals surface area contributed by atoms with E-state index in [1.807, 2.05) is 22.8 Å². The van der Waals surface area contributed by atoms with Gasteiger partial charge in [-0.05, 0) is 53.1 Å². The van der Waals surface area contributed by atoms with Crippen LogP contribution in [0.15, 0.2) is 82.7 Å². The Kier molecular flexibility index (Phi) is 5.52. The van der Waals surface area contributed by atoms with Gasteiger partial charge in [-0.2, -0.15) is 0 Å². The van der Waals surface area contributed by atoms with Gasteiger partial charge in [0.15, 0.2) is 5.16 Å². The highest BCUT2D eigenvalue weighted by Crippen LogP contribution is 2.35. The lowest BCUT2D eigenvalue weighted by atomic mass is 9.97. The molecular weight excluding hydrogens is 444 g/mol. The molecule has 6 rings (SSSR count). The van der Waals surface area contributed by atoms with E-state index in [1.165, 1.54) is 33.2 Å². The minimum absolute atomic E-state index is 0.115. The Morgan fingerprint density at radius 3 is 2.61 bits per heavy atom. The summed E-state index contributed by atoms with van der Waals surface area (Å²) in [7, 11) is 0. The topological polar surface area (TPSA) is 34.9 Å². The van der Waals surface area contributed by atoms with Crippen LogP contribution >= 0.6 is 23.1 Å². The fourth-order valence-electron chi connectivity index (χ4n) is 4.80. The molecule has 0 saturated carbocycles. The van der Waals surface area contributed by atoms with E-state index in [0.717, 1.165) is 46.0 Å². The molecule has 0 saturated heterocycles. The number of hydrogen-bond donors (Lipinski definition) is 0. The highest BCUT2D eigenvalue weighted by molar-refractivity contribution is 7.98. The summed E-state index contributed by atoms with van der Waals surface area (Å²) in [6.45, 7) is 0.547. The number of thioether (sulfide) groups is 1. The summed E-state index contributed by atoms with van der Waals surface area (Å²) in [5, 5.41) is 4.17. The third kappa shape index (κ3) is 3.90. The zero-order valence-electron chi connectivity index (χ0n) is 18.3. The number of aryl methyl sites for hydroxylation is 2. The fraction of sp³-hybridized carbons (Fsp3) is 0.214. The molecule has 2 heterocycles. The molecule has 164 valence electrons. The normalized spacial score (nSPS) is 13.5. The van der Waals surface area contributed by atoms with Crippen molar-refractivity contribution in [1.82, 2.24) is 9.55 Å². The molecule has 0 radical (unpaired) electrons. The van der Waals surface area contributed by atoms with Gasteiger partial charge in [0, 0.05) is 10.6 Å². The van der Waals surface area contributed by atoms with Crippen LogP contribution < -0.4 is 5.56 Å². The van der Waals surface area contributed by atoms with Gasteiger partial charge >= 0.3 is 0 Å². The number of rotatable bonds is 5. The van der Waals surface area contributed by atoms with Crippen molar-refractivity contribution in [2.45, 2.75) is 43.1 Å². The molecule has 3 nitrogen and oxygen atoms in total. The minimum Gasteiger partial charge on any atom is -0.283 e. The van der Waals surface area contributed by atoms with Gasteiger partial charge in [0.25, 0.3) is 5.56 Å². The maximum absolute atomic E-state index is 13.8. The average Bonchev–Trinajstić information content (AvgIpc) is 3.24. The molecule has 0 fully saturated rings. The number of aromatic nitrogens is 2. The standard InChI is InChI=1S/C28H24N2OS2/c31-27-25-23-15-6-7-16-24(23)33-26(25)29-28(30(27)17-19-9-2-1-3-10-19)32-18-21-13-8-12-20-11-4-5-14-22(20)21/h1-5,8-14H,6-7,15-18H2. The zero-order chi connectivity index (χ0) is 22.2. The van der Waals surface area contributed by atoms with Gasteiger partial charge in [-0.15, -0.1) is 11.3 Å². The number of fused-ring (bicyclic) bond motifs is 4. The maximum atomic E-state index is 13.8. The van der Waals surface area contributed by atoms with E-state index in [1.54, 1.807) is 23.1 Å². The van der Waals surface area contributed by atoms with E-state index in [9.17, 15) is 4.79 Å². The second kappa shape index (κ2) is 8.81. The van der Waals surface area contributed by atoms with Gasteiger partial charge in [0.1, 0.15) is 4.83 Å². The third-order valence-corrected chi connectivity index (χ3v) is 8.67. The molecule has 0 N–H and O–H groups in total. The molecule has 0 aliphatic heterocycles. The van der Waals surface area contributed by atoms with Gasteiger partial charge in [-0.1, -0.05) is 84.6 Å². The lowest BCUT2D eigenvalue weighted by molar-refractivity contribution is 0.656. The van der Waals surface area contributed by atoms with E-state index in [-0.39, 0.29) is 5.56 Å². The highest BCUT2D eigenvalue weighted by atomic mass is 32.2. The van der Waals surface area contributed by atoms with Crippen LogP contribution in [0.5, 0.6) is 0 Å². The maximum Gasteiger partial charge on any atom is 0.263 e. The Hall–Kier alpha value is -2.89. The zero-order valence-corrected chi connectivity index (χ0v) is 19.9. The van der Waals surface area contributed by atoms with Crippen LogP contribution in [-0.4, -0.2) is 9.55 Å². The van der Waals surface area contributed by atoms with Crippen LogP contribution in [0.25, 0.3) is 21.0 Å². The Bertz CT molecular complexity index is 1510. The Morgan fingerprint density at radius 2 is 1.70 bits per heavy atom. The first-order valence-electron chi connectivity index (χ1n) is 11.5. The van der Waals surface area contributed by atoms with E-state index >= 15 is 0 Å². The van der Waals surface area contributed by atoms with Crippen LogP contribution in [0.1, 0.15) is 34.4 Å².